The van der Waals surface area contributed by atoms with Gasteiger partial charge in [-0.1, -0.05) is 0 Å². The number of nitrogens with zero attached hydrogens (tertiary/aromatic N) is 3. The molecule has 1 aromatic heterocycles. The Morgan fingerprint density at radius 2 is 2.25 bits per heavy atom. The molecule has 2 heterocycles. The highest BCUT2D eigenvalue weighted by Gasteiger charge is 2.21. The first kappa shape index (κ1) is 11.6. The maximum Gasteiger partial charge on any atom is 0.0945 e. The average molecular weight is 222 g/mol. The predicted molar refractivity (Wildman–Crippen MR) is 65.3 cm³/mol. The van der Waals surface area contributed by atoms with Crippen LogP contribution in [0.15, 0.2) is 18.7 Å². The molecule has 1 aliphatic heterocycles. The van der Waals surface area contributed by atoms with Crippen molar-refractivity contribution in [1.82, 2.24) is 19.8 Å². The summed E-state index contributed by atoms with van der Waals surface area (Å²) >= 11 is 0. The van der Waals surface area contributed by atoms with Crippen LogP contribution in [-0.4, -0.2) is 46.2 Å². The minimum absolute atomic E-state index is 0.629. The molecule has 2 unspecified atom stereocenters. The van der Waals surface area contributed by atoms with E-state index in [9.17, 15) is 0 Å². The van der Waals surface area contributed by atoms with E-state index in [4.69, 9.17) is 0 Å². The number of rotatable bonds is 4. The highest BCUT2D eigenvalue weighted by atomic mass is 15.2. The van der Waals surface area contributed by atoms with Crippen LogP contribution in [0.5, 0.6) is 0 Å². The van der Waals surface area contributed by atoms with Crippen LogP contribution in [-0.2, 0) is 6.54 Å². The summed E-state index contributed by atoms with van der Waals surface area (Å²) in [7, 11) is 0. The molecule has 1 fully saturated rings. The molecular formula is C12H22N4. The Bertz CT molecular complexity index is 296. The van der Waals surface area contributed by atoms with Gasteiger partial charge >= 0.3 is 0 Å². The van der Waals surface area contributed by atoms with Crippen molar-refractivity contribution in [2.75, 3.05) is 19.6 Å². The Kier molecular flexibility index (Phi) is 3.96. The number of piperazine rings is 1. The first-order valence-corrected chi connectivity index (χ1v) is 6.19. The van der Waals surface area contributed by atoms with Gasteiger partial charge in [0.05, 0.1) is 6.33 Å². The van der Waals surface area contributed by atoms with Crippen molar-refractivity contribution < 1.29 is 0 Å². The monoisotopic (exact) mass is 222 g/mol. The van der Waals surface area contributed by atoms with Crippen molar-refractivity contribution in [3.05, 3.63) is 18.7 Å². The van der Waals surface area contributed by atoms with E-state index in [0.717, 1.165) is 13.1 Å². The van der Waals surface area contributed by atoms with Gasteiger partial charge in [0.2, 0.25) is 0 Å². The largest absolute Gasteiger partial charge is 0.337 e. The zero-order valence-corrected chi connectivity index (χ0v) is 10.3. The first-order valence-electron chi connectivity index (χ1n) is 6.19. The van der Waals surface area contributed by atoms with Crippen molar-refractivity contribution in [3.8, 4) is 0 Å². The molecule has 0 aliphatic carbocycles. The molecular weight excluding hydrogens is 200 g/mol. The maximum atomic E-state index is 4.05. The van der Waals surface area contributed by atoms with Crippen molar-refractivity contribution in [1.29, 1.82) is 0 Å². The van der Waals surface area contributed by atoms with Gasteiger partial charge in [-0.3, -0.25) is 4.90 Å². The van der Waals surface area contributed by atoms with Gasteiger partial charge in [0.25, 0.3) is 0 Å². The number of imidazole rings is 1. The van der Waals surface area contributed by atoms with Gasteiger partial charge < -0.3 is 9.88 Å². The van der Waals surface area contributed by atoms with Crippen LogP contribution < -0.4 is 5.32 Å². The summed E-state index contributed by atoms with van der Waals surface area (Å²) in [5.41, 5.74) is 0. The molecule has 0 spiro atoms. The van der Waals surface area contributed by atoms with Crippen LogP contribution in [0.4, 0.5) is 0 Å². The molecule has 0 radical (unpaired) electrons. The van der Waals surface area contributed by atoms with Crippen LogP contribution in [0, 0.1) is 0 Å². The fourth-order valence-electron chi connectivity index (χ4n) is 2.28. The third-order valence-corrected chi connectivity index (χ3v) is 3.31. The quantitative estimate of drug-likeness (QED) is 0.823. The Labute approximate surface area is 97.7 Å². The van der Waals surface area contributed by atoms with Crippen molar-refractivity contribution in [2.45, 2.75) is 38.9 Å². The van der Waals surface area contributed by atoms with Gasteiger partial charge in [0.1, 0.15) is 0 Å². The normalized spacial score (nSPS) is 27.1. The van der Waals surface area contributed by atoms with Gasteiger partial charge in [0, 0.05) is 50.7 Å². The lowest BCUT2D eigenvalue weighted by Crippen LogP contribution is -2.54. The molecule has 0 saturated carbocycles. The zero-order valence-electron chi connectivity index (χ0n) is 10.3. The fourth-order valence-corrected chi connectivity index (χ4v) is 2.28. The van der Waals surface area contributed by atoms with Crippen LogP contribution in [0.25, 0.3) is 0 Å². The molecule has 2 rings (SSSR count). The Hall–Kier alpha value is -0.870. The molecule has 16 heavy (non-hydrogen) atoms. The second-order valence-electron chi connectivity index (χ2n) is 4.81. The van der Waals surface area contributed by atoms with Crippen LogP contribution >= 0.6 is 0 Å². The van der Waals surface area contributed by atoms with Gasteiger partial charge in [0.15, 0.2) is 0 Å². The molecule has 0 bridgehead atoms. The van der Waals surface area contributed by atoms with E-state index in [2.05, 4.69) is 33.6 Å². The molecule has 1 saturated heterocycles. The molecule has 4 heteroatoms. The van der Waals surface area contributed by atoms with E-state index in [1.807, 2.05) is 18.7 Å². The summed E-state index contributed by atoms with van der Waals surface area (Å²) < 4.78 is 2.15. The van der Waals surface area contributed by atoms with Crippen molar-refractivity contribution in [2.24, 2.45) is 0 Å². The number of hydrogen-bond acceptors (Lipinski definition) is 3. The summed E-state index contributed by atoms with van der Waals surface area (Å²) in [5, 5.41) is 3.51. The number of hydrogen-bond donors (Lipinski definition) is 1. The van der Waals surface area contributed by atoms with E-state index >= 15 is 0 Å². The fraction of sp³-hybridized carbons (Fsp3) is 0.750. The minimum atomic E-state index is 0.629. The molecule has 0 amide bonds. The van der Waals surface area contributed by atoms with E-state index in [-0.39, 0.29) is 0 Å². The lowest BCUT2D eigenvalue weighted by Gasteiger charge is -2.37. The molecule has 4 nitrogen and oxygen atoms in total. The highest BCUT2D eigenvalue weighted by Crippen LogP contribution is 2.07. The Morgan fingerprint density at radius 3 is 3.00 bits per heavy atom. The summed E-state index contributed by atoms with van der Waals surface area (Å²) in [5.74, 6) is 0. The van der Waals surface area contributed by atoms with E-state index < -0.39 is 0 Å². The van der Waals surface area contributed by atoms with Gasteiger partial charge in [-0.2, -0.15) is 0 Å². The second kappa shape index (κ2) is 5.46. The van der Waals surface area contributed by atoms with Crippen LogP contribution in [0.3, 0.4) is 0 Å². The summed E-state index contributed by atoms with van der Waals surface area (Å²) in [6.07, 6.45) is 6.97. The molecule has 1 aromatic rings. The van der Waals surface area contributed by atoms with Gasteiger partial charge in [-0.25, -0.2) is 4.98 Å². The molecule has 1 N–H and O–H groups in total. The number of aromatic nitrogens is 2. The van der Waals surface area contributed by atoms with Crippen molar-refractivity contribution in [3.63, 3.8) is 0 Å². The molecule has 2 atom stereocenters. The average Bonchev–Trinajstić information content (AvgIpc) is 2.76. The van der Waals surface area contributed by atoms with Crippen molar-refractivity contribution >= 4 is 0 Å². The highest BCUT2D eigenvalue weighted by molar-refractivity contribution is 4.81. The summed E-state index contributed by atoms with van der Waals surface area (Å²) in [6, 6.07) is 1.29. The number of aryl methyl sites for hydroxylation is 1. The van der Waals surface area contributed by atoms with Gasteiger partial charge in [-0.05, 0) is 20.3 Å². The Morgan fingerprint density at radius 1 is 1.38 bits per heavy atom. The molecule has 0 aromatic carbocycles. The molecule has 1 aliphatic rings. The van der Waals surface area contributed by atoms with E-state index in [1.54, 1.807) is 0 Å². The zero-order chi connectivity index (χ0) is 11.4. The van der Waals surface area contributed by atoms with Crippen LogP contribution in [0.2, 0.25) is 0 Å². The first-order chi connectivity index (χ1) is 7.75. The smallest absolute Gasteiger partial charge is 0.0945 e. The maximum absolute atomic E-state index is 4.05. The number of nitrogens with one attached hydrogen (secondary N) is 1. The Balaban J connectivity index is 1.72. The SMILES string of the molecule is CC1CN(CCCn2ccnc2)C(C)CN1. The lowest BCUT2D eigenvalue weighted by molar-refractivity contribution is 0.143. The summed E-state index contributed by atoms with van der Waals surface area (Å²) in [4.78, 5) is 6.64. The van der Waals surface area contributed by atoms with Gasteiger partial charge in [-0.15, -0.1) is 0 Å². The van der Waals surface area contributed by atoms with E-state index in [0.29, 0.717) is 12.1 Å². The third kappa shape index (κ3) is 3.06. The van der Waals surface area contributed by atoms with E-state index in [1.165, 1.54) is 19.5 Å². The standard InChI is InChI=1S/C12H22N4/c1-11-9-16(12(2)8-14-11)6-3-5-15-7-4-13-10-15/h4,7,10-12,14H,3,5-6,8-9H2,1-2H3. The van der Waals surface area contributed by atoms with Crippen LogP contribution in [0.1, 0.15) is 20.3 Å². The topological polar surface area (TPSA) is 33.1 Å². The summed E-state index contributed by atoms with van der Waals surface area (Å²) in [6.45, 7) is 9.11. The lowest BCUT2D eigenvalue weighted by atomic mass is 10.1. The second-order valence-corrected chi connectivity index (χ2v) is 4.81. The third-order valence-electron chi connectivity index (χ3n) is 3.31. The minimum Gasteiger partial charge on any atom is -0.337 e. The predicted octanol–water partition coefficient (Wildman–Crippen LogP) is 0.955. The molecule has 90 valence electrons.